The molecule has 0 spiro atoms. The molecule has 0 radical (unpaired) electrons. The normalized spacial score (nSPS) is 11.9. The molecule has 0 heterocycles. The zero-order valence-corrected chi connectivity index (χ0v) is 11.6. The predicted molar refractivity (Wildman–Crippen MR) is 72.0 cm³/mol. The molecule has 0 amide bonds. The summed E-state index contributed by atoms with van der Waals surface area (Å²) in [5, 5.41) is 3.40. The summed E-state index contributed by atoms with van der Waals surface area (Å²) in [5.41, 5.74) is 5.95. The van der Waals surface area contributed by atoms with Gasteiger partial charge < -0.3 is 5.32 Å². The van der Waals surface area contributed by atoms with Gasteiger partial charge >= 0.3 is 0 Å². The van der Waals surface area contributed by atoms with Crippen LogP contribution >= 0.6 is 0 Å². The summed E-state index contributed by atoms with van der Waals surface area (Å²) in [6.07, 6.45) is 0. The molecule has 1 heteroatoms. The fourth-order valence-electron chi connectivity index (χ4n) is 1.96. The molecule has 0 atom stereocenters. The molecule has 0 bridgehead atoms. The molecular weight excluding hydrogens is 194 g/mol. The molecule has 0 saturated carbocycles. The number of nitrogens with one attached hydrogen (secondary N) is 1. The summed E-state index contributed by atoms with van der Waals surface area (Å²) in [7, 11) is 0. The summed E-state index contributed by atoms with van der Waals surface area (Å²) >= 11 is 0. The molecule has 0 unspecified atom stereocenters. The average Bonchev–Trinajstić information content (AvgIpc) is 2.15. The van der Waals surface area contributed by atoms with Crippen molar-refractivity contribution in [3.05, 3.63) is 34.4 Å². The molecule has 0 aliphatic heterocycles. The van der Waals surface area contributed by atoms with E-state index < -0.39 is 0 Å². The third kappa shape index (κ3) is 3.08. The van der Waals surface area contributed by atoms with Gasteiger partial charge in [0.15, 0.2) is 0 Å². The van der Waals surface area contributed by atoms with Crippen molar-refractivity contribution in [2.45, 2.75) is 53.5 Å². The van der Waals surface area contributed by atoms with Gasteiger partial charge in [0.05, 0.1) is 0 Å². The van der Waals surface area contributed by atoms with Crippen LogP contribution in [0.25, 0.3) is 0 Å². The van der Waals surface area contributed by atoms with Crippen molar-refractivity contribution in [1.82, 2.24) is 5.32 Å². The first-order chi connectivity index (χ1) is 7.36. The van der Waals surface area contributed by atoms with Gasteiger partial charge in [-0.05, 0) is 48.1 Å². The van der Waals surface area contributed by atoms with Gasteiger partial charge in [-0.25, -0.2) is 0 Å². The second kappa shape index (κ2) is 5.01. The van der Waals surface area contributed by atoms with E-state index in [0.717, 1.165) is 13.1 Å². The summed E-state index contributed by atoms with van der Waals surface area (Å²) in [5.74, 6) is 0. The monoisotopic (exact) mass is 219 g/mol. The van der Waals surface area contributed by atoms with Gasteiger partial charge in [0, 0.05) is 6.54 Å². The molecule has 0 saturated heterocycles. The lowest BCUT2D eigenvalue weighted by molar-refractivity contribution is 0.588. The van der Waals surface area contributed by atoms with Gasteiger partial charge in [0.2, 0.25) is 0 Å². The van der Waals surface area contributed by atoms with Gasteiger partial charge in [-0.1, -0.05) is 39.8 Å². The van der Waals surface area contributed by atoms with Gasteiger partial charge in [-0.15, -0.1) is 0 Å². The Kier molecular flexibility index (Phi) is 4.15. The minimum absolute atomic E-state index is 0.242. The predicted octanol–water partition coefficient (Wildman–Crippen LogP) is 3.71. The van der Waals surface area contributed by atoms with Crippen molar-refractivity contribution in [3.63, 3.8) is 0 Å². The number of aryl methyl sites for hydroxylation is 2. The van der Waals surface area contributed by atoms with Gasteiger partial charge in [-0.3, -0.25) is 0 Å². The van der Waals surface area contributed by atoms with E-state index in [0.29, 0.717) is 0 Å². The third-order valence-corrected chi connectivity index (χ3v) is 3.11. The molecule has 0 aliphatic carbocycles. The van der Waals surface area contributed by atoms with E-state index in [2.05, 4.69) is 59.0 Å². The number of benzene rings is 1. The molecule has 0 aromatic heterocycles. The van der Waals surface area contributed by atoms with Gasteiger partial charge in [0.1, 0.15) is 0 Å². The Bertz CT molecular complexity index is 335. The fraction of sp³-hybridized carbons (Fsp3) is 0.600. The van der Waals surface area contributed by atoms with Crippen LogP contribution in [0.5, 0.6) is 0 Å². The van der Waals surface area contributed by atoms with Crippen LogP contribution in [0, 0.1) is 13.8 Å². The summed E-state index contributed by atoms with van der Waals surface area (Å²) in [6, 6.07) is 4.67. The lowest BCUT2D eigenvalue weighted by Crippen LogP contribution is -2.16. The Morgan fingerprint density at radius 2 is 1.56 bits per heavy atom. The molecule has 16 heavy (non-hydrogen) atoms. The molecule has 1 aromatic carbocycles. The molecule has 0 aliphatic rings. The van der Waals surface area contributed by atoms with Gasteiger partial charge in [0.25, 0.3) is 0 Å². The summed E-state index contributed by atoms with van der Waals surface area (Å²) < 4.78 is 0. The number of rotatable bonds is 3. The van der Waals surface area contributed by atoms with Crippen molar-refractivity contribution in [2.75, 3.05) is 6.54 Å². The highest BCUT2D eigenvalue weighted by molar-refractivity contribution is 5.40. The Labute approximate surface area is 100 Å². The highest BCUT2D eigenvalue weighted by Gasteiger charge is 2.15. The maximum Gasteiger partial charge on any atom is 0.0210 e. The summed E-state index contributed by atoms with van der Waals surface area (Å²) in [6.45, 7) is 15.4. The first kappa shape index (κ1) is 13.2. The SMILES string of the molecule is CCNCc1c(C)cc(C(C)(C)C)cc1C. The maximum absolute atomic E-state index is 3.40. The second-order valence-corrected chi connectivity index (χ2v) is 5.62. The summed E-state index contributed by atoms with van der Waals surface area (Å²) in [4.78, 5) is 0. The van der Waals surface area contributed by atoms with Crippen LogP contribution in [0.4, 0.5) is 0 Å². The van der Waals surface area contributed by atoms with Crippen molar-refractivity contribution in [2.24, 2.45) is 0 Å². The zero-order valence-electron chi connectivity index (χ0n) is 11.6. The Balaban J connectivity index is 3.08. The lowest BCUT2D eigenvalue weighted by atomic mass is 9.84. The van der Waals surface area contributed by atoms with Crippen LogP contribution in [0.3, 0.4) is 0 Å². The van der Waals surface area contributed by atoms with E-state index in [1.54, 1.807) is 0 Å². The highest BCUT2D eigenvalue weighted by atomic mass is 14.8. The van der Waals surface area contributed by atoms with E-state index >= 15 is 0 Å². The van der Waals surface area contributed by atoms with Crippen molar-refractivity contribution in [3.8, 4) is 0 Å². The number of hydrogen-bond donors (Lipinski definition) is 1. The molecule has 0 fully saturated rings. The molecular formula is C15H25N. The Morgan fingerprint density at radius 1 is 1.06 bits per heavy atom. The highest BCUT2D eigenvalue weighted by Crippen LogP contribution is 2.26. The standard InChI is InChI=1S/C15H25N/c1-7-16-10-14-11(2)8-13(9-12(14)3)15(4,5)6/h8-9,16H,7,10H2,1-6H3. The maximum atomic E-state index is 3.40. The van der Waals surface area contributed by atoms with Crippen LogP contribution in [0.1, 0.15) is 49.9 Å². The lowest BCUT2D eigenvalue weighted by Gasteiger charge is -2.22. The third-order valence-electron chi connectivity index (χ3n) is 3.11. The van der Waals surface area contributed by atoms with Crippen LogP contribution in [0.15, 0.2) is 12.1 Å². The van der Waals surface area contributed by atoms with Crippen LogP contribution in [-0.2, 0) is 12.0 Å². The minimum atomic E-state index is 0.242. The second-order valence-electron chi connectivity index (χ2n) is 5.62. The van der Waals surface area contributed by atoms with E-state index in [4.69, 9.17) is 0 Å². The van der Waals surface area contributed by atoms with E-state index in [9.17, 15) is 0 Å². The van der Waals surface area contributed by atoms with Crippen molar-refractivity contribution in [1.29, 1.82) is 0 Å². The molecule has 1 aromatic rings. The van der Waals surface area contributed by atoms with E-state index in [-0.39, 0.29) is 5.41 Å². The first-order valence-electron chi connectivity index (χ1n) is 6.17. The average molecular weight is 219 g/mol. The number of hydrogen-bond acceptors (Lipinski definition) is 1. The Morgan fingerprint density at radius 3 is 1.94 bits per heavy atom. The van der Waals surface area contributed by atoms with Crippen LogP contribution in [-0.4, -0.2) is 6.54 Å². The quantitative estimate of drug-likeness (QED) is 0.817. The van der Waals surface area contributed by atoms with Crippen molar-refractivity contribution >= 4 is 0 Å². The molecule has 1 rings (SSSR count). The smallest absolute Gasteiger partial charge is 0.0210 e. The topological polar surface area (TPSA) is 12.0 Å². The van der Waals surface area contributed by atoms with E-state index in [1.165, 1.54) is 22.3 Å². The van der Waals surface area contributed by atoms with Crippen LogP contribution in [0.2, 0.25) is 0 Å². The molecule has 1 nitrogen and oxygen atoms in total. The largest absolute Gasteiger partial charge is 0.313 e. The van der Waals surface area contributed by atoms with Crippen molar-refractivity contribution < 1.29 is 0 Å². The van der Waals surface area contributed by atoms with Crippen LogP contribution < -0.4 is 5.32 Å². The molecule has 1 N–H and O–H groups in total. The fourth-order valence-corrected chi connectivity index (χ4v) is 1.96. The first-order valence-corrected chi connectivity index (χ1v) is 6.17. The van der Waals surface area contributed by atoms with E-state index in [1.807, 2.05) is 0 Å². The minimum Gasteiger partial charge on any atom is -0.313 e. The Hall–Kier alpha value is -0.820. The molecule has 90 valence electrons. The zero-order chi connectivity index (χ0) is 12.3. The van der Waals surface area contributed by atoms with Gasteiger partial charge in [-0.2, -0.15) is 0 Å².